The molecule has 1 amide bonds. The first-order valence-corrected chi connectivity index (χ1v) is 15.6. The zero-order valence-electron chi connectivity index (χ0n) is 24.2. The molecule has 10 nitrogen and oxygen atoms in total. The number of nitrogens with zero attached hydrogens (tertiary/aromatic N) is 1. The summed E-state index contributed by atoms with van der Waals surface area (Å²) in [5, 5.41) is 13.8. The summed E-state index contributed by atoms with van der Waals surface area (Å²) in [5.41, 5.74) is -0.130. The predicted molar refractivity (Wildman–Crippen MR) is 151 cm³/mol. The Hall–Kier alpha value is -3.44. The number of carbonyl (C=O) groups is 2. The quantitative estimate of drug-likeness (QED) is 0.153. The first kappa shape index (κ1) is 31.8. The molecule has 11 heteroatoms. The SMILES string of the molecule is COc1ccc([C@@H](NC(=O)OC(C)(C)C)[C@H](CO[Si](C)(C)C(C)(C)C)OC(=O)c2ccc([N+](=O)[O-])cc2)cc1. The maximum atomic E-state index is 13.2. The zero-order chi connectivity index (χ0) is 29.6. The number of esters is 1. The minimum absolute atomic E-state index is 0.00169. The van der Waals surface area contributed by atoms with Crippen molar-refractivity contribution in [1.82, 2.24) is 5.32 Å². The normalized spacial score (nSPS) is 13.7. The topological polar surface area (TPSA) is 126 Å². The van der Waals surface area contributed by atoms with Gasteiger partial charge in [-0.3, -0.25) is 10.1 Å². The van der Waals surface area contributed by atoms with Crippen molar-refractivity contribution in [1.29, 1.82) is 0 Å². The number of rotatable bonds is 10. The second-order valence-corrected chi connectivity index (χ2v) is 16.5. The number of nitro benzene ring substituents is 1. The summed E-state index contributed by atoms with van der Waals surface area (Å²) in [7, 11) is -0.739. The van der Waals surface area contributed by atoms with E-state index in [1.54, 1.807) is 52.1 Å². The van der Waals surface area contributed by atoms with Crippen LogP contribution in [0, 0.1) is 10.1 Å². The van der Waals surface area contributed by atoms with Crippen LogP contribution in [0.15, 0.2) is 48.5 Å². The fourth-order valence-corrected chi connectivity index (χ4v) is 4.28. The van der Waals surface area contributed by atoms with Gasteiger partial charge < -0.3 is 24.0 Å². The molecule has 0 aromatic heterocycles. The van der Waals surface area contributed by atoms with E-state index >= 15 is 0 Å². The molecule has 0 radical (unpaired) electrons. The molecule has 0 heterocycles. The highest BCUT2D eigenvalue weighted by molar-refractivity contribution is 6.74. The van der Waals surface area contributed by atoms with Crippen molar-refractivity contribution < 1.29 is 33.1 Å². The minimum Gasteiger partial charge on any atom is -0.497 e. The molecule has 0 aliphatic heterocycles. The van der Waals surface area contributed by atoms with Crippen molar-refractivity contribution in [2.24, 2.45) is 0 Å². The largest absolute Gasteiger partial charge is 0.497 e. The highest BCUT2D eigenvalue weighted by atomic mass is 28.4. The maximum absolute atomic E-state index is 13.2. The number of carbonyl (C=O) groups excluding carboxylic acids is 2. The highest BCUT2D eigenvalue weighted by Crippen LogP contribution is 2.37. The Morgan fingerprint density at radius 1 is 0.974 bits per heavy atom. The molecule has 0 spiro atoms. The third kappa shape index (κ3) is 9.36. The van der Waals surface area contributed by atoms with Gasteiger partial charge in [0.05, 0.1) is 30.2 Å². The molecule has 2 atom stereocenters. The molecule has 0 aliphatic carbocycles. The van der Waals surface area contributed by atoms with Crippen LogP contribution in [0.5, 0.6) is 5.75 Å². The summed E-state index contributed by atoms with van der Waals surface area (Å²) in [6, 6.07) is 11.3. The summed E-state index contributed by atoms with van der Waals surface area (Å²) in [6.07, 6.45) is -1.64. The fourth-order valence-electron chi connectivity index (χ4n) is 3.27. The maximum Gasteiger partial charge on any atom is 0.408 e. The molecule has 0 fully saturated rings. The van der Waals surface area contributed by atoms with Gasteiger partial charge in [0.25, 0.3) is 5.69 Å². The molecule has 2 aromatic rings. The van der Waals surface area contributed by atoms with Crippen molar-refractivity contribution in [2.75, 3.05) is 13.7 Å². The van der Waals surface area contributed by atoms with Gasteiger partial charge in [-0.05, 0) is 68.7 Å². The van der Waals surface area contributed by atoms with Gasteiger partial charge in [-0.25, -0.2) is 9.59 Å². The zero-order valence-corrected chi connectivity index (χ0v) is 25.2. The number of ether oxygens (including phenoxy) is 3. The number of nitro groups is 1. The van der Waals surface area contributed by atoms with Crippen LogP contribution < -0.4 is 10.1 Å². The third-order valence-electron chi connectivity index (χ3n) is 6.51. The Bertz CT molecular complexity index is 1140. The number of non-ortho nitro benzene ring substituents is 1. The Labute approximate surface area is 231 Å². The van der Waals surface area contributed by atoms with E-state index in [1.165, 1.54) is 24.3 Å². The first-order valence-electron chi connectivity index (χ1n) is 12.7. The second-order valence-electron chi connectivity index (χ2n) is 11.7. The van der Waals surface area contributed by atoms with Gasteiger partial charge in [-0.15, -0.1) is 0 Å². The molecule has 214 valence electrons. The van der Waals surface area contributed by atoms with Gasteiger partial charge in [0.15, 0.2) is 8.32 Å². The Balaban J connectivity index is 2.48. The van der Waals surface area contributed by atoms with Gasteiger partial charge in [0.2, 0.25) is 0 Å². The van der Waals surface area contributed by atoms with E-state index in [2.05, 4.69) is 39.2 Å². The summed E-state index contributed by atoms with van der Waals surface area (Å²) in [5.74, 6) is -0.0926. The van der Waals surface area contributed by atoms with E-state index < -0.39 is 43.1 Å². The molecule has 0 saturated carbocycles. The van der Waals surface area contributed by atoms with E-state index in [0.29, 0.717) is 11.3 Å². The molecular weight excluding hydrogens is 520 g/mol. The molecule has 0 bridgehead atoms. The van der Waals surface area contributed by atoms with Gasteiger partial charge >= 0.3 is 12.1 Å². The summed E-state index contributed by atoms with van der Waals surface area (Å²) in [4.78, 5) is 36.6. The number of methoxy groups -OCH3 is 1. The monoisotopic (exact) mass is 560 g/mol. The van der Waals surface area contributed by atoms with Crippen molar-refractivity contribution in [3.05, 3.63) is 69.8 Å². The minimum atomic E-state index is -2.29. The van der Waals surface area contributed by atoms with Gasteiger partial charge in [-0.1, -0.05) is 32.9 Å². The number of benzene rings is 2. The Kier molecular flexibility index (Phi) is 10.3. The second kappa shape index (κ2) is 12.6. The summed E-state index contributed by atoms with van der Waals surface area (Å²) in [6.45, 7) is 15.7. The summed E-state index contributed by atoms with van der Waals surface area (Å²) < 4.78 is 23.1. The van der Waals surface area contributed by atoms with Crippen LogP contribution in [-0.4, -0.2) is 50.7 Å². The van der Waals surface area contributed by atoms with Gasteiger partial charge in [-0.2, -0.15) is 0 Å². The van der Waals surface area contributed by atoms with E-state index in [1.807, 2.05) is 0 Å². The molecule has 2 rings (SSSR count). The van der Waals surface area contributed by atoms with Crippen molar-refractivity contribution in [3.63, 3.8) is 0 Å². The first-order chi connectivity index (χ1) is 17.9. The van der Waals surface area contributed by atoms with Crippen LogP contribution in [0.4, 0.5) is 10.5 Å². The van der Waals surface area contributed by atoms with Crippen LogP contribution in [0.3, 0.4) is 0 Å². The number of hydrogen-bond donors (Lipinski definition) is 1. The van der Waals surface area contributed by atoms with Crippen molar-refractivity contribution in [2.45, 2.75) is 77.4 Å². The highest BCUT2D eigenvalue weighted by Gasteiger charge is 2.40. The standard InChI is InChI=1S/C28H40N2O8Si/c1-27(2,3)38-26(32)29-24(19-12-16-22(35-7)17-13-19)23(18-36-39(8,9)28(4,5)6)37-25(31)20-10-14-21(15-11-20)30(33)34/h10-17,23-24H,18H2,1-9H3,(H,29,32)/t23-,24+/m0/s1. The molecule has 2 aromatic carbocycles. The smallest absolute Gasteiger partial charge is 0.408 e. The lowest BCUT2D eigenvalue weighted by molar-refractivity contribution is -0.384. The molecule has 0 unspecified atom stereocenters. The Morgan fingerprint density at radius 3 is 2.00 bits per heavy atom. The third-order valence-corrected chi connectivity index (χ3v) is 11.0. The number of hydrogen-bond acceptors (Lipinski definition) is 8. The Morgan fingerprint density at radius 2 is 1.54 bits per heavy atom. The van der Waals surface area contributed by atoms with E-state index in [4.69, 9.17) is 18.6 Å². The van der Waals surface area contributed by atoms with E-state index in [0.717, 1.165) is 0 Å². The van der Waals surface area contributed by atoms with Crippen molar-refractivity contribution in [3.8, 4) is 5.75 Å². The van der Waals surface area contributed by atoms with E-state index in [9.17, 15) is 19.7 Å². The average molecular weight is 561 g/mol. The van der Waals surface area contributed by atoms with Crippen molar-refractivity contribution >= 4 is 26.1 Å². The van der Waals surface area contributed by atoms with Crippen LogP contribution in [0.2, 0.25) is 18.1 Å². The predicted octanol–water partition coefficient (Wildman–Crippen LogP) is 6.42. The van der Waals surface area contributed by atoms with Crippen LogP contribution in [-0.2, 0) is 13.9 Å². The molecule has 1 N–H and O–H groups in total. The number of amides is 1. The number of alkyl carbamates (subject to hydrolysis) is 1. The van der Waals surface area contributed by atoms with Crippen LogP contribution >= 0.6 is 0 Å². The molecule has 39 heavy (non-hydrogen) atoms. The summed E-state index contributed by atoms with van der Waals surface area (Å²) >= 11 is 0. The van der Waals surface area contributed by atoms with Crippen LogP contribution in [0.25, 0.3) is 0 Å². The number of nitrogens with one attached hydrogen (secondary N) is 1. The lowest BCUT2D eigenvalue weighted by Gasteiger charge is -2.38. The van der Waals surface area contributed by atoms with Gasteiger partial charge in [0.1, 0.15) is 17.5 Å². The average Bonchev–Trinajstić information content (AvgIpc) is 2.83. The van der Waals surface area contributed by atoms with Gasteiger partial charge in [0, 0.05) is 12.1 Å². The molecule has 0 saturated heterocycles. The van der Waals surface area contributed by atoms with Crippen LogP contribution in [0.1, 0.15) is 63.5 Å². The van der Waals surface area contributed by atoms with E-state index in [-0.39, 0.29) is 22.9 Å². The molecule has 0 aliphatic rings. The lowest BCUT2D eigenvalue weighted by Crippen LogP contribution is -2.47. The molecular formula is C28H40N2O8Si. The lowest BCUT2D eigenvalue weighted by atomic mass is 10.0. The fraction of sp³-hybridized carbons (Fsp3) is 0.500.